The first kappa shape index (κ1) is 15.8. The van der Waals surface area contributed by atoms with E-state index in [0.717, 1.165) is 18.3 Å². The topological polar surface area (TPSA) is 18.5 Å². The standard InChI is InChI=1S/C11H16ClO2P.C3H6/c1-3-14-15(12)8-7-10-5-4-6-11(9-10)13-2;1-2-3-1/h4-6,9H,3,7-8H2,1-2H3;1-3H2. The summed E-state index contributed by atoms with van der Waals surface area (Å²) in [5.41, 5.74) is 1.24. The van der Waals surface area contributed by atoms with Gasteiger partial charge in [-0.15, -0.1) is 0 Å². The van der Waals surface area contributed by atoms with Crippen molar-refractivity contribution in [3.05, 3.63) is 29.8 Å². The Morgan fingerprint density at radius 2 is 2.00 bits per heavy atom. The molecule has 0 spiro atoms. The molecule has 0 saturated heterocycles. The molecule has 1 aliphatic carbocycles. The predicted molar refractivity (Wildman–Crippen MR) is 79.8 cm³/mol. The zero-order valence-corrected chi connectivity index (χ0v) is 12.8. The van der Waals surface area contributed by atoms with Crippen molar-refractivity contribution in [1.29, 1.82) is 0 Å². The molecule has 1 saturated carbocycles. The maximum Gasteiger partial charge on any atom is 0.124 e. The summed E-state index contributed by atoms with van der Waals surface area (Å²) >= 11 is 6.02. The second kappa shape index (κ2) is 9.61. The lowest BCUT2D eigenvalue weighted by Crippen LogP contribution is -1.92. The average molecular weight is 289 g/mol. The number of methoxy groups -OCH3 is 1. The Labute approximate surface area is 116 Å². The summed E-state index contributed by atoms with van der Waals surface area (Å²) in [5, 5.41) is 0. The minimum absolute atomic E-state index is 0.688. The van der Waals surface area contributed by atoms with Gasteiger partial charge in [0, 0.05) is 12.8 Å². The zero-order chi connectivity index (χ0) is 13.2. The highest BCUT2D eigenvalue weighted by atomic mass is 35.7. The lowest BCUT2D eigenvalue weighted by atomic mass is 10.2. The molecule has 0 radical (unpaired) electrons. The van der Waals surface area contributed by atoms with Gasteiger partial charge in [-0.1, -0.05) is 42.6 Å². The number of rotatable bonds is 6. The van der Waals surface area contributed by atoms with Crippen molar-refractivity contribution in [3.63, 3.8) is 0 Å². The van der Waals surface area contributed by atoms with Gasteiger partial charge in [0.25, 0.3) is 0 Å². The van der Waals surface area contributed by atoms with Crippen LogP contribution in [0.1, 0.15) is 31.7 Å². The average Bonchev–Trinajstić information content (AvgIpc) is 3.25. The molecule has 0 aliphatic heterocycles. The second-order valence-electron chi connectivity index (χ2n) is 4.12. The summed E-state index contributed by atoms with van der Waals surface area (Å²) < 4.78 is 10.5. The minimum atomic E-state index is -0.787. The van der Waals surface area contributed by atoms with Crippen LogP contribution in [0.25, 0.3) is 0 Å². The van der Waals surface area contributed by atoms with Crippen LogP contribution < -0.4 is 4.74 Å². The van der Waals surface area contributed by atoms with E-state index in [-0.39, 0.29) is 0 Å². The molecule has 18 heavy (non-hydrogen) atoms. The first-order chi connectivity index (χ1) is 8.76. The van der Waals surface area contributed by atoms with E-state index in [9.17, 15) is 0 Å². The van der Waals surface area contributed by atoms with Crippen molar-refractivity contribution in [2.24, 2.45) is 0 Å². The molecule has 1 aliphatic rings. The SMILES string of the molecule is C1CC1.CCOP(Cl)CCc1cccc(OC)c1. The third-order valence-corrected chi connectivity index (χ3v) is 4.25. The first-order valence-electron chi connectivity index (χ1n) is 6.45. The van der Waals surface area contributed by atoms with Crippen LogP contribution in [0, 0.1) is 0 Å². The third kappa shape index (κ3) is 7.92. The normalized spacial score (nSPS) is 14.4. The van der Waals surface area contributed by atoms with Crippen molar-refractivity contribution < 1.29 is 9.26 Å². The Morgan fingerprint density at radius 1 is 1.28 bits per heavy atom. The Hall–Kier alpha value is -0.300. The summed E-state index contributed by atoms with van der Waals surface area (Å²) in [7, 11) is 0.888. The maximum absolute atomic E-state index is 6.02. The molecular weight excluding hydrogens is 267 g/mol. The predicted octanol–water partition coefficient (Wildman–Crippen LogP) is 5.00. The summed E-state index contributed by atoms with van der Waals surface area (Å²) in [6.07, 6.45) is 6.32. The molecule has 2 rings (SSSR count). The van der Waals surface area contributed by atoms with Gasteiger partial charge in [-0.05, 0) is 31.0 Å². The van der Waals surface area contributed by atoms with E-state index in [2.05, 4.69) is 6.07 Å². The molecule has 0 bridgehead atoms. The van der Waals surface area contributed by atoms with Gasteiger partial charge < -0.3 is 9.26 Å². The lowest BCUT2D eigenvalue weighted by molar-refractivity contribution is 0.385. The monoisotopic (exact) mass is 288 g/mol. The fraction of sp³-hybridized carbons (Fsp3) is 0.571. The van der Waals surface area contributed by atoms with Crippen LogP contribution in [-0.2, 0) is 10.9 Å². The third-order valence-electron chi connectivity index (χ3n) is 2.33. The van der Waals surface area contributed by atoms with E-state index >= 15 is 0 Å². The van der Waals surface area contributed by atoms with Crippen molar-refractivity contribution in [3.8, 4) is 5.75 Å². The Morgan fingerprint density at radius 3 is 2.56 bits per heavy atom. The number of halogens is 1. The van der Waals surface area contributed by atoms with Crippen LogP contribution in [-0.4, -0.2) is 19.9 Å². The van der Waals surface area contributed by atoms with E-state index in [1.807, 2.05) is 25.1 Å². The summed E-state index contributed by atoms with van der Waals surface area (Å²) in [4.78, 5) is 0. The van der Waals surface area contributed by atoms with Crippen molar-refractivity contribution in [2.45, 2.75) is 32.6 Å². The van der Waals surface area contributed by atoms with E-state index in [1.165, 1.54) is 24.8 Å². The zero-order valence-electron chi connectivity index (χ0n) is 11.2. The Bertz CT molecular complexity index is 329. The molecular formula is C14H22ClO2P. The van der Waals surface area contributed by atoms with E-state index < -0.39 is 7.50 Å². The molecule has 1 aromatic carbocycles. The van der Waals surface area contributed by atoms with Crippen LogP contribution >= 0.6 is 18.7 Å². The summed E-state index contributed by atoms with van der Waals surface area (Å²) in [6.45, 7) is 2.65. The van der Waals surface area contributed by atoms with Crippen LogP contribution in [0.3, 0.4) is 0 Å². The minimum Gasteiger partial charge on any atom is -0.497 e. The van der Waals surface area contributed by atoms with Gasteiger partial charge in [0.05, 0.1) is 7.11 Å². The summed E-state index contributed by atoms with van der Waals surface area (Å²) in [6, 6.07) is 8.04. The number of ether oxygens (including phenoxy) is 1. The molecule has 0 N–H and O–H groups in total. The highest BCUT2D eigenvalue weighted by Crippen LogP contribution is 2.42. The van der Waals surface area contributed by atoms with Crippen LogP contribution in [0.4, 0.5) is 0 Å². The fourth-order valence-corrected chi connectivity index (χ4v) is 2.64. The molecule has 2 nitrogen and oxygen atoms in total. The first-order valence-corrected chi connectivity index (χ1v) is 8.80. The van der Waals surface area contributed by atoms with E-state index in [4.69, 9.17) is 20.5 Å². The van der Waals surface area contributed by atoms with Crippen LogP contribution in [0.5, 0.6) is 5.75 Å². The summed E-state index contributed by atoms with van der Waals surface area (Å²) in [5.74, 6) is 0.891. The maximum atomic E-state index is 6.02. The quantitative estimate of drug-likeness (QED) is 0.686. The van der Waals surface area contributed by atoms with Crippen molar-refractivity contribution in [1.82, 2.24) is 0 Å². The number of hydrogen-bond donors (Lipinski definition) is 0. The van der Waals surface area contributed by atoms with Gasteiger partial charge in [0.1, 0.15) is 13.3 Å². The van der Waals surface area contributed by atoms with Gasteiger partial charge in [0.15, 0.2) is 0 Å². The lowest BCUT2D eigenvalue weighted by Gasteiger charge is -2.09. The van der Waals surface area contributed by atoms with E-state index in [1.54, 1.807) is 7.11 Å². The molecule has 4 heteroatoms. The van der Waals surface area contributed by atoms with Crippen molar-refractivity contribution in [2.75, 3.05) is 19.9 Å². The van der Waals surface area contributed by atoms with Gasteiger partial charge in [0.2, 0.25) is 0 Å². The molecule has 0 aromatic heterocycles. The molecule has 1 atom stereocenters. The molecule has 102 valence electrons. The van der Waals surface area contributed by atoms with Crippen LogP contribution in [0.2, 0.25) is 0 Å². The Kier molecular flexibility index (Phi) is 8.41. The molecule has 0 amide bonds. The smallest absolute Gasteiger partial charge is 0.124 e. The highest BCUT2D eigenvalue weighted by molar-refractivity contribution is 7.80. The number of hydrogen-bond acceptors (Lipinski definition) is 2. The van der Waals surface area contributed by atoms with Gasteiger partial charge in [-0.25, -0.2) is 0 Å². The Balaban J connectivity index is 0.000000468. The van der Waals surface area contributed by atoms with E-state index in [0.29, 0.717) is 6.61 Å². The van der Waals surface area contributed by atoms with Gasteiger partial charge in [-0.2, -0.15) is 0 Å². The van der Waals surface area contributed by atoms with Crippen molar-refractivity contribution >= 4 is 18.7 Å². The fourth-order valence-electron chi connectivity index (χ4n) is 1.25. The number of benzene rings is 1. The largest absolute Gasteiger partial charge is 0.497 e. The van der Waals surface area contributed by atoms with Crippen LogP contribution in [0.15, 0.2) is 24.3 Å². The second-order valence-corrected chi connectivity index (χ2v) is 6.59. The molecule has 1 unspecified atom stereocenters. The molecule has 1 fully saturated rings. The highest BCUT2D eigenvalue weighted by Gasteiger charge is 2.04. The van der Waals surface area contributed by atoms with Gasteiger partial charge >= 0.3 is 0 Å². The van der Waals surface area contributed by atoms with Gasteiger partial charge in [-0.3, -0.25) is 0 Å². The molecule has 0 heterocycles. The number of aryl methyl sites for hydroxylation is 1. The molecule has 1 aromatic rings.